The topological polar surface area (TPSA) is 71.3 Å². The van der Waals surface area contributed by atoms with Crippen LogP contribution in [0.2, 0.25) is 10.0 Å². The SMILES string of the molecule is COc1cc(/C=C(/C#N)C(=O)Nc2ccc(Br)cc2)cc(I)c1OCc1ccc(Cl)cc1Cl. The maximum absolute atomic E-state index is 12.6. The van der Waals surface area contributed by atoms with Crippen molar-refractivity contribution in [3.8, 4) is 17.6 Å². The van der Waals surface area contributed by atoms with Crippen LogP contribution in [0.25, 0.3) is 6.08 Å². The van der Waals surface area contributed by atoms with Crippen LogP contribution in [0.4, 0.5) is 5.69 Å². The summed E-state index contributed by atoms with van der Waals surface area (Å²) >= 11 is 17.6. The minimum atomic E-state index is -0.508. The number of nitrogens with one attached hydrogen (secondary N) is 1. The number of hydrogen-bond acceptors (Lipinski definition) is 4. The third-order valence-electron chi connectivity index (χ3n) is 4.42. The number of amides is 1. The largest absolute Gasteiger partial charge is 0.493 e. The van der Waals surface area contributed by atoms with Crippen LogP contribution in [0, 0.1) is 14.9 Å². The Morgan fingerprint density at radius 3 is 2.55 bits per heavy atom. The van der Waals surface area contributed by atoms with Gasteiger partial charge in [-0.3, -0.25) is 4.79 Å². The van der Waals surface area contributed by atoms with Gasteiger partial charge < -0.3 is 14.8 Å². The molecule has 0 radical (unpaired) electrons. The van der Waals surface area contributed by atoms with E-state index in [1.807, 2.05) is 6.07 Å². The maximum Gasteiger partial charge on any atom is 0.266 e. The Labute approximate surface area is 223 Å². The monoisotopic (exact) mass is 656 g/mol. The number of rotatable bonds is 7. The van der Waals surface area contributed by atoms with E-state index in [0.717, 1.165) is 13.6 Å². The fraction of sp³-hybridized carbons (Fsp3) is 0.0833. The second-order valence-corrected chi connectivity index (χ2v) is 9.61. The Bertz CT molecular complexity index is 1260. The highest BCUT2D eigenvalue weighted by Gasteiger charge is 2.15. The number of halogens is 4. The van der Waals surface area contributed by atoms with Gasteiger partial charge in [0.15, 0.2) is 11.5 Å². The quantitative estimate of drug-likeness (QED) is 0.162. The molecule has 0 unspecified atom stereocenters. The lowest BCUT2D eigenvalue weighted by Gasteiger charge is -2.14. The van der Waals surface area contributed by atoms with E-state index in [0.29, 0.717) is 32.8 Å². The summed E-state index contributed by atoms with van der Waals surface area (Å²) in [6.45, 7) is 0.219. The Morgan fingerprint density at radius 1 is 1.18 bits per heavy atom. The van der Waals surface area contributed by atoms with Gasteiger partial charge in [0.05, 0.1) is 10.7 Å². The van der Waals surface area contributed by atoms with Gasteiger partial charge >= 0.3 is 0 Å². The second kappa shape index (κ2) is 11.7. The number of nitrogens with zero attached hydrogens (tertiary/aromatic N) is 1. The average molecular weight is 658 g/mol. The summed E-state index contributed by atoms with van der Waals surface area (Å²) < 4.78 is 13.1. The third kappa shape index (κ3) is 6.87. The van der Waals surface area contributed by atoms with Crippen molar-refractivity contribution in [2.24, 2.45) is 0 Å². The first-order valence-corrected chi connectivity index (χ1v) is 12.1. The number of carbonyl (C=O) groups excluding carboxylic acids is 1. The van der Waals surface area contributed by atoms with Gasteiger partial charge in [-0.25, -0.2) is 0 Å². The number of nitriles is 1. The minimum Gasteiger partial charge on any atom is -0.493 e. The molecule has 0 atom stereocenters. The molecule has 3 aromatic rings. The molecule has 9 heteroatoms. The number of benzene rings is 3. The third-order valence-corrected chi connectivity index (χ3v) is 6.33. The molecule has 168 valence electrons. The number of hydrogen-bond donors (Lipinski definition) is 1. The van der Waals surface area contributed by atoms with E-state index >= 15 is 0 Å². The number of anilines is 1. The van der Waals surface area contributed by atoms with Gasteiger partial charge in [0.2, 0.25) is 0 Å². The van der Waals surface area contributed by atoms with Crippen molar-refractivity contribution in [2.75, 3.05) is 12.4 Å². The molecule has 0 aromatic heterocycles. The molecule has 3 rings (SSSR count). The van der Waals surface area contributed by atoms with Gasteiger partial charge in [0.25, 0.3) is 5.91 Å². The molecule has 5 nitrogen and oxygen atoms in total. The summed E-state index contributed by atoms with van der Waals surface area (Å²) in [7, 11) is 1.52. The molecule has 3 aromatic carbocycles. The van der Waals surface area contributed by atoms with Crippen molar-refractivity contribution in [3.05, 3.63) is 89.4 Å². The summed E-state index contributed by atoms with van der Waals surface area (Å²) in [6, 6.07) is 17.7. The lowest BCUT2D eigenvalue weighted by Crippen LogP contribution is -2.13. The fourth-order valence-corrected chi connectivity index (χ4v) is 4.31. The predicted molar refractivity (Wildman–Crippen MR) is 143 cm³/mol. The zero-order valence-electron chi connectivity index (χ0n) is 17.2. The molecule has 33 heavy (non-hydrogen) atoms. The summed E-state index contributed by atoms with van der Waals surface area (Å²) in [4.78, 5) is 12.6. The molecular weight excluding hydrogens is 642 g/mol. The zero-order chi connectivity index (χ0) is 24.0. The molecule has 0 saturated carbocycles. The van der Waals surface area contributed by atoms with Crippen LogP contribution in [0.3, 0.4) is 0 Å². The Kier molecular flexibility index (Phi) is 9.03. The van der Waals surface area contributed by atoms with Gasteiger partial charge in [0, 0.05) is 25.8 Å². The predicted octanol–water partition coefficient (Wildman–Crippen LogP) is 7.49. The second-order valence-electron chi connectivity index (χ2n) is 6.69. The van der Waals surface area contributed by atoms with Crippen molar-refractivity contribution in [2.45, 2.75) is 6.61 Å². The van der Waals surface area contributed by atoms with Crippen molar-refractivity contribution >= 4 is 79.4 Å². The first-order valence-electron chi connectivity index (χ1n) is 9.43. The number of methoxy groups -OCH3 is 1. The molecule has 0 heterocycles. The first-order chi connectivity index (χ1) is 15.8. The lowest BCUT2D eigenvalue weighted by molar-refractivity contribution is -0.112. The van der Waals surface area contributed by atoms with Crippen LogP contribution >= 0.6 is 61.7 Å². The minimum absolute atomic E-state index is 0.0441. The van der Waals surface area contributed by atoms with Crippen LogP contribution in [0.1, 0.15) is 11.1 Å². The van der Waals surface area contributed by atoms with E-state index in [9.17, 15) is 10.1 Å². The molecule has 0 saturated heterocycles. The summed E-state index contributed by atoms with van der Waals surface area (Å²) in [5.41, 5.74) is 1.94. The molecular formula is C24H16BrCl2IN2O3. The zero-order valence-corrected chi connectivity index (χ0v) is 22.4. The Morgan fingerprint density at radius 2 is 1.91 bits per heavy atom. The van der Waals surface area contributed by atoms with Crippen molar-refractivity contribution in [1.29, 1.82) is 5.26 Å². The Hall–Kier alpha value is -2.25. The summed E-state index contributed by atoms with van der Waals surface area (Å²) in [5, 5.41) is 13.3. The Balaban J connectivity index is 1.82. The molecule has 1 amide bonds. The highest BCUT2D eigenvalue weighted by atomic mass is 127. The molecule has 0 aliphatic rings. The smallest absolute Gasteiger partial charge is 0.266 e. The van der Waals surface area contributed by atoms with E-state index in [2.05, 4.69) is 43.8 Å². The van der Waals surface area contributed by atoms with Gasteiger partial charge in [-0.2, -0.15) is 5.26 Å². The number of carbonyl (C=O) groups is 1. The van der Waals surface area contributed by atoms with Crippen LogP contribution in [0.5, 0.6) is 11.5 Å². The standard InChI is InChI=1S/C24H16BrCl2IN2O3/c1-32-22-10-14(8-16(12-29)24(31)30-19-6-3-17(25)4-7-19)9-21(28)23(22)33-13-15-2-5-18(26)11-20(15)27/h2-11H,13H2,1H3,(H,30,31)/b16-8-. The molecule has 1 N–H and O–H groups in total. The highest BCUT2D eigenvalue weighted by Crippen LogP contribution is 2.36. The number of ether oxygens (including phenoxy) is 2. The molecule has 0 bridgehead atoms. The van der Waals surface area contributed by atoms with E-state index in [1.54, 1.807) is 54.6 Å². The molecule has 0 aliphatic heterocycles. The molecule has 0 aliphatic carbocycles. The average Bonchev–Trinajstić information content (AvgIpc) is 2.78. The normalized spacial score (nSPS) is 11.0. The molecule has 0 fully saturated rings. The fourth-order valence-electron chi connectivity index (χ4n) is 2.80. The van der Waals surface area contributed by atoms with Crippen molar-refractivity contribution < 1.29 is 14.3 Å². The summed E-state index contributed by atoms with van der Waals surface area (Å²) in [5.74, 6) is 0.481. The first kappa shape index (κ1) is 25.4. The van der Waals surface area contributed by atoms with Crippen LogP contribution in [-0.4, -0.2) is 13.0 Å². The van der Waals surface area contributed by atoms with Crippen LogP contribution in [-0.2, 0) is 11.4 Å². The lowest BCUT2D eigenvalue weighted by atomic mass is 10.1. The maximum atomic E-state index is 12.6. The van der Waals surface area contributed by atoms with Gasteiger partial charge in [-0.15, -0.1) is 0 Å². The van der Waals surface area contributed by atoms with Crippen LogP contribution in [0.15, 0.2) is 64.6 Å². The highest BCUT2D eigenvalue weighted by molar-refractivity contribution is 14.1. The van der Waals surface area contributed by atoms with Crippen molar-refractivity contribution in [3.63, 3.8) is 0 Å². The van der Waals surface area contributed by atoms with E-state index in [-0.39, 0.29) is 12.2 Å². The molecule has 0 spiro atoms. The van der Waals surface area contributed by atoms with Gasteiger partial charge in [-0.05, 0) is 82.8 Å². The van der Waals surface area contributed by atoms with E-state index in [1.165, 1.54) is 13.2 Å². The van der Waals surface area contributed by atoms with E-state index < -0.39 is 5.91 Å². The summed E-state index contributed by atoms with van der Waals surface area (Å²) in [6.07, 6.45) is 1.50. The van der Waals surface area contributed by atoms with Crippen LogP contribution < -0.4 is 14.8 Å². The van der Waals surface area contributed by atoms with Gasteiger partial charge in [-0.1, -0.05) is 45.2 Å². The van der Waals surface area contributed by atoms with E-state index in [4.69, 9.17) is 32.7 Å². The van der Waals surface area contributed by atoms with Crippen molar-refractivity contribution in [1.82, 2.24) is 0 Å². The van der Waals surface area contributed by atoms with Gasteiger partial charge in [0.1, 0.15) is 18.2 Å².